The SMILES string of the molecule is CCOc1cc(/C=C(\C#N)c2ccc(Cl)cc2Cl)cc(Br)c1OCC. The standard InChI is InChI=1S/C19H16BrCl2NO2/c1-3-24-18-9-12(8-16(20)19(18)25-4-2)7-13(11-23)15-6-5-14(21)10-17(15)22/h5-10H,3-4H2,1-2H3/b13-7+. The molecule has 0 radical (unpaired) electrons. The summed E-state index contributed by atoms with van der Waals surface area (Å²) in [7, 11) is 0. The number of hydrogen-bond acceptors (Lipinski definition) is 3. The summed E-state index contributed by atoms with van der Waals surface area (Å²) in [6, 6.07) is 10.9. The monoisotopic (exact) mass is 439 g/mol. The molecule has 6 heteroatoms. The van der Waals surface area contributed by atoms with E-state index in [4.69, 9.17) is 32.7 Å². The van der Waals surface area contributed by atoms with Crippen molar-refractivity contribution < 1.29 is 9.47 Å². The van der Waals surface area contributed by atoms with Crippen molar-refractivity contribution in [2.75, 3.05) is 13.2 Å². The van der Waals surface area contributed by atoms with Gasteiger partial charge in [-0.2, -0.15) is 5.26 Å². The molecule has 2 aromatic carbocycles. The number of nitriles is 1. The van der Waals surface area contributed by atoms with Crippen LogP contribution in [0, 0.1) is 11.3 Å². The molecular weight excluding hydrogens is 425 g/mol. The maximum absolute atomic E-state index is 9.54. The molecule has 0 saturated carbocycles. The number of ether oxygens (including phenoxy) is 2. The van der Waals surface area contributed by atoms with Gasteiger partial charge in [0.05, 0.1) is 34.4 Å². The molecule has 0 heterocycles. The molecule has 2 aromatic rings. The average molecular weight is 441 g/mol. The topological polar surface area (TPSA) is 42.2 Å². The fourth-order valence-corrected chi connectivity index (χ4v) is 3.35. The van der Waals surface area contributed by atoms with Crippen molar-refractivity contribution in [1.29, 1.82) is 5.26 Å². The highest BCUT2D eigenvalue weighted by Gasteiger charge is 2.13. The third kappa shape index (κ3) is 4.92. The fraction of sp³-hybridized carbons (Fsp3) is 0.211. The zero-order valence-electron chi connectivity index (χ0n) is 13.8. The lowest BCUT2D eigenvalue weighted by Crippen LogP contribution is -1.99. The maximum Gasteiger partial charge on any atom is 0.175 e. The van der Waals surface area contributed by atoms with Gasteiger partial charge in [-0.05, 0) is 65.7 Å². The van der Waals surface area contributed by atoms with Gasteiger partial charge in [-0.15, -0.1) is 0 Å². The second-order valence-corrected chi connectivity index (χ2v) is 6.69. The van der Waals surface area contributed by atoms with Gasteiger partial charge in [0.15, 0.2) is 11.5 Å². The van der Waals surface area contributed by atoms with Crippen LogP contribution in [0.3, 0.4) is 0 Å². The normalized spacial score (nSPS) is 11.1. The van der Waals surface area contributed by atoms with Crippen molar-refractivity contribution in [3.05, 3.63) is 56.0 Å². The highest BCUT2D eigenvalue weighted by molar-refractivity contribution is 9.10. The third-order valence-electron chi connectivity index (χ3n) is 3.27. The van der Waals surface area contributed by atoms with Crippen molar-refractivity contribution in [3.63, 3.8) is 0 Å². The molecule has 0 amide bonds. The Morgan fingerprint density at radius 1 is 1.16 bits per heavy atom. The summed E-state index contributed by atoms with van der Waals surface area (Å²) in [6.07, 6.45) is 1.75. The first-order chi connectivity index (χ1) is 12.0. The van der Waals surface area contributed by atoms with Gasteiger partial charge in [0.2, 0.25) is 0 Å². The number of allylic oxidation sites excluding steroid dienone is 1. The Labute approximate surface area is 165 Å². The van der Waals surface area contributed by atoms with Crippen LogP contribution in [0.4, 0.5) is 0 Å². The molecule has 2 rings (SSSR count). The van der Waals surface area contributed by atoms with Crippen LogP contribution in [-0.2, 0) is 0 Å². The first kappa shape index (κ1) is 19.7. The Bertz CT molecular complexity index is 844. The van der Waals surface area contributed by atoms with E-state index in [1.165, 1.54) is 0 Å². The Kier molecular flexibility index (Phi) is 7.19. The zero-order chi connectivity index (χ0) is 18.4. The third-order valence-corrected chi connectivity index (χ3v) is 4.41. The van der Waals surface area contributed by atoms with E-state index in [-0.39, 0.29) is 0 Å². The van der Waals surface area contributed by atoms with Crippen molar-refractivity contribution in [1.82, 2.24) is 0 Å². The van der Waals surface area contributed by atoms with Crippen LogP contribution < -0.4 is 9.47 Å². The molecule has 0 saturated heterocycles. The van der Waals surface area contributed by atoms with E-state index in [9.17, 15) is 5.26 Å². The summed E-state index contributed by atoms with van der Waals surface area (Å²) in [6.45, 7) is 4.85. The minimum atomic E-state index is 0.426. The van der Waals surface area contributed by atoms with Gasteiger partial charge in [-0.1, -0.05) is 29.3 Å². The molecule has 3 nitrogen and oxygen atoms in total. The van der Waals surface area contributed by atoms with Gasteiger partial charge in [-0.25, -0.2) is 0 Å². The number of halogens is 3. The van der Waals surface area contributed by atoms with Gasteiger partial charge in [0.25, 0.3) is 0 Å². The first-order valence-corrected chi connectivity index (χ1v) is 9.21. The molecule has 0 aromatic heterocycles. The number of nitrogens with zero attached hydrogens (tertiary/aromatic N) is 1. The summed E-state index contributed by atoms with van der Waals surface area (Å²) in [4.78, 5) is 0. The lowest BCUT2D eigenvalue weighted by molar-refractivity contribution is 0.286. The Morgan fingerprint density at radius 2 is 1.88 bits per heavy atom. The second-order valence-electron chi connectivity index (χ2n) is 4.99. The highest BCUT2D eigenvalue weighted by atomic mass is 79.9. The lowest BCUT2D eigenvalue weighted by atomic mass is 10.0. The van der Waals surface area contributed by atoms with Crippen LogP contribution in [0.5, 0.6) is 11.5 Å². The minimum absolute atomic E-state index is 0.426. The van der Waals surface area contributed by atoms with E-state index in [1.807, 2.05) is 26.0 Å². The summed E-state index contributed by atoms with van der Waals surface area (Å²) in [5.41, 5.74) is 1.85. The quantitative estimate of drug-likeness (QED) is 0.374. The highest BCUT2D eigenvalue weighted by Crippen LogP contribution is 2.38. The van der Waals surface area contributed by atoms with E-state index in [2.05, 4.69) is 22.0 Å². The molecule has 0 unspecified atom stereocenters. The summed E-state index contributed by atoms with van der Waals surface area (Å²) < 4.78 is 12.0. The van der Waals surface area contributed by atoms with Crippen molar-refractivity contribution in [2.45, 2.75) is 13.8 Å². The number of rotatable bonds is 6. The van der Waals surface area contributed by atoms with Crippen LogP contribution in [0.2, 0.25) is 10.0 Å². The first-order valence-electron chi connectivity index (χ1n) is 7.66. The van der Waals surface area contributed by atoms with Crippen molar-refractivity contribution in [3.8, 4) is 17.6 Å². The molecule has 25 heavy (non-hydrogen) atoms. The van der Waals surface area contributed by atoms with Crippen LogP contribution in [0.15, 0.2) is 34.8 Å². The van der Waals surface area contributed by atoms with Gasteiger partial charge in [0.1, 0.15) is 0 Å². The molecular formula is C19H16BrCl2NO2. The fourth-order valence-electron chi connectivity index (χ4n) is 2.26. The molecule has 0 aliphatic carbocycles. The van der Waals surface area contributed by atoms with Crippen LogP contribution in [0.1, 0.15) is 25.0 Å². The number of hydrogen-bond donors (Lipinski definition) is 0. The molecule has 0 spiro atoms. The largest absolute Gasteiger partial charge is 0.490 e. The van der Waals surface area contributed by atoms with E-state index in [1.54, 1.807) is 24.3 Å². The van der Waals surface area contributed by atoms with Crippen LogP contribution in [0.25, 0.3) is 11.6 Å². The Hall–Kier alpha value is -1.67. The molecule has 0 atom stereocenters. The molecule has 0 aliphatic heterocycles. The smallest absolute Gasteiger partial charge is 0.175 e. The Balaban J connectivity index is 2.52. The summed E-state index contributed by atoms with van der Waals surface area (Å²) in [5.74, 6) is 1.26. The lowest BCUT2D eigenvalue weighted by Gasteiger charge is -2.14. The van der Waals surface area contributed by atoms with E-state index in [0.29, 0.717) is 45.9 Å². The maximum atomic E-state index is 9.54. The van der Waals surface area contributed by atoms with Crippen LogP contribution in [-0.4, -0.2) is 13.2 Å². The zero-order valence-corrected chi connectivity index (χ0v) is 16.9. The molecule has 0 bridgehead atoms. The molecule has 0 fully saturated rings. The number of benzene rings is 2. The minimum Gasteiger partial charge on any atom is -0.490 e. The molecule has 0 N–H and O–H groups in total. The predicted molar refractivity (Wildman–Crippen MR) is 106 cm³/mol. The van der Waals surface area contributed by atoms with Gasteiger partial charge in [-0.3, -0.25) is 0 Å². The van der Waals surface area contributed by atoms with Crippen molar-refractivity contribution >= 4 is 50.8 Å². The van der Waals surface area contributed by atoms with Gasteiger partial charge < -0.3 is 9.47 Å². The van der Waals surface area contributed by atoms with Gasteiger partial charge in [0, 0.05) is 10.6 Å². The van der Waals surface area contributed by atoms with E-state index < -0.39 is 0 Å². The predicted octanol–water partition coefficient (Wildman–Crippen LogP) is 6.62. The van der Waals surface area contributed by atoms with E-state index in [0.717, 1.165) is 10.0 Å². The average Bonchev–Trinajstić information content (AvgIpc) is 2.56. The van der Waals surface area contributed by atoms with Gasteiger partial charge >= 0.3 is 0 Å². The molecule has 130 valence electrons. The summed E-state index contributed by atoms with van der Waals surface area (Å²) >= 11 is 15.6. The molecule has 0 aliphatic rings. The van der Waals surface area contributed by atoms with Crippen molar-refractivity contribution in [2.24, 2.45) is 0 Å². The summed E-state index contributed by atoms with van der Waals surface area (Å²) in [5, 5.41) is 10.5. The second kappa shape index (κ2) is 9.15. The van der Waals surface area contributed by atoms with E-state index >= 15 is 0 Å². The Morgan fingerprint density at radius 3 is 2.48 bits per heavy atom. The van der Waals surface area contributed by atoms with Crippen LogP contribution >= 0.6 is 39.1 Å².